The van der Waals surface area contributed by atoms with E-state index in [4.69, 9.17) is 0 Å². The van der Waals surface area contributed by atoms with Crippen molar-refractivity contribution in [3.63, 3.8) is 0 Å². The topological polar surface area (TPSA) is 47.3 Å². The van der Waals surface area contributed by atoms with Crippen LogP contribution in [0.25, 0.3) is 22.4 Å². The monoisotopic (exact) mass is 397 g/mol. The van der Waals surface area contributed by atoms with Crippen LogP contribution < -0.4 is 10.1 Å². The summed E-state index contributed by atoms with van der Waals surface area (Å²) in [5, 5.41) is 4.38. The summed E-state index contributed by atoms with van der Waals surface area (Å²) in [6.45, 7) is 2.02. The third-order valence-corrected chi connectivity index (χ3v) is 5.06. The van der Waals surface area contributed by atoms with Crippen molar-refractivity contribution in [1.82, 2.24) is 14.6 Å². The second-order valence-corrected chi connectivity index (χ2v) is 7.39. The first kappa shape index (κ1) is 15.2. The van der Waals surface area contributed by atoms with E-state index in [1.165, 1.54) is 15.9 Å². The largest absolute Gasteiger partial charge is 0.291 e. The molecule has 0 aliphatic heterocycles. The molecule has 0 saturated heterocycles. The summed E-state index contributed by atoms with van der Waals surface area (Å²) < 4.78 is 2.98. The number of nitrogens with zero attached hydrogens (tertiary/aromatic N) is 3. The summed E-state index contributed by atoms with van der Waals surface area (Å²) >= 11 is 4.79. The van der Waals surface area contributed by atoms with E-state index < -0.39 is 0 Å². The quantitative estimate of drug-likeness (QED) is 0.520. The number of benzene rings is 2. The highest BCUT2D eigenvalue weighted by Gasteiger charge is 2.11. The Kier molecular flexibility index (Phi) is 3.78. The van der Waals surface area contributed by atoms with Crippen LogP contribution in [0.2, 0.25) is 0 Å². The highest BCUT2D eigenvalue weighted by molar-refractivity contribution is 9.10. The van der Waals surface area contributed by atoms with Gasteiger partial charge in [0.2, 0.25) is 4.96 Å². The molecule has 0 unspecified atom stereocenters. The molecule has 2 aromatic carbocycles. The van der Waals surface area contributed by atoms with Crippen LogP contribution in [0, 0.1) is 6.92 Å². The van der Waals surface area contributed by atoms with Crippen molar-refractivity contribution < 1.29 is 0 Å². The molecule has 0 saturated carbocycles. The zero-order valence-corrected chi connectivity index (χ0v) is 15.1. The lowest BCUT2D eigenvalue weighted by Crippen LogP contribution is -2.23. The smallest absolute Gasteiger partial charge is 0.266 e. The van der Waals surface area contributed by atoms with Crippen LogP contribution in [0.15, 0.2) is 57.8 Å². The lowest BCUT2D eigenvalue weighted by atomic mass is 10.1. The number of hydrogen-bond donors (Lipinski definition) is 0. The summed E-state index contributed by atoms with van der Waals surface area (Å²) in [7, 11) is 0. The van der Waals surface area contributed by atoms with Crippen molar-refractivity contribution in [3.05, 3.63) is 79.0 Å². The van der Waals surface area contributed by atoms with Crippen molar-refractivity contribution in [2.75, 3.05) is 0 Å². The first-order valence-corrected chi connectivity index (χ1v) is 8.95. The molecule has 0 radical (unpaired) electrons. The molecule has 0 fully saturated rings. The molecule has 0 bridgehead atoms. The number of hydrogen-bond acceptors (Lipinski definition) is 4. The van der Waals surface area contributed by atoms with Gasteiger partial charge >= 0.3 is 0 Å². The predicted octanol–water partition coefficient (Wildman–Crippen LogP) is 3.44. The Labute approximate surface area is 150 Å². The van der Waals surface area contributed by atoms with Crippen LogP contribution >= 0.6 is 27.3 Å². The van der Waals surface area contributed by atoms with Gasteiger partial charge in [-0.3, -0.25) is 4.79 Å². The fourth-order valence-corrected chi connectivity index (χ4v) is 3.81. The van der Waals surface area contributed by atoms with Gasteiger partial charge in [-0.15, -0.1) is 5.10 Å². The van der Waals surface area contributed by atoms with E-state index in [2.05, 4.69) is 26.0 Å². The molecule has 6 heteroatoms. The Hall–Kier alpha value is -2.31. The third-order valence-electron chi connectivity index (χ3n) is 3.60. The average Bonchev–Trinajstić information content (AvgIpc) is 3.08. The standard InChI is InChI=1S/C18H12BrN3OS/c1-11-4-2-6-13(8-11)16-20-18-22(21-16)17(23)15(24-18)10-12-5-3-7-14(19)9-12/h2-10H,1H3. The molecule has 0 atom stereocenters. The summed E-state index contributed by atoms with van der Waals surface area (Å²) in [6, 6.07) is 15.8. The van der Waals surface area contributed by atoms with Crippen LogP contribution in [0.5, 0.6) is 0 Å². The van der Waals surface area contributed by atoms with E-state index >= 15 is 0 Å². The zero-order chi connectivity index (χ0) is 16.7. The molecule has 0 amide bonds. The number of aryl methyl sites for hydroxylation is 1. The molecule has 0 N–H and O–H groups in total. The number of fused-ring (bicyclic) bond motifs is 1. The molecule has 0 aliphatic rings. The Morgan fingerprint density at radius 2 is 2.00 bits per heavy atom. The van der Waals surface area contributed by atoms with Gasteiger partial charge in [-0.2, -0.15) is 9.50 Å². The van der Waals surface area contributed by atoms with Gasteiger partial charge < -0.3 is 0 Å². The van der Waals surface area contributed by atoms with Crippen molar-refractivity contribution in [2.45, 2.75) is 6.92 Å². The second-order valence-electron chi connectivity index (χ2n) is 5.47. The fourth-order valence-electron chi connectivity index (χ4n) is 2.49. The molecule has 118 valence electrons. The zero-order valence-electron chi connectivity index (χ0n) is 12.7. The van der Waals surface area contributed by atoms with Crippen molar-refractivity contribution in [3.8, 4) is 11.4 Å². The summed E-state index contributed by atoms with van der Waals surface area (Å²) in [5.74, 6) is 0.580. The number of halogens is 1. The fraction of sp³-hybridized carbons (Fsp3) is 0.0556. The minimum absolute atomic E-state index is 0.138. The van der Waals surface area contributed by atoms with Gasteiger partial charge in [0.05, 0.1) is 4.53 Å². The minimum atomic E-state index is -0.138. The minimum Gasteiger partial charge on any atom is -0.266 e. The maximum atomic E-state index is 12.6. The predicted molar refractivity (Wildman–Crippen MR) is 100 cm³/mol. The SMILES string of the molecule is Cc1cccc(-c2nc3sc(=Cc4cccc(Br)c4)c(=O)n3n2)c1. The van der Waals surface area contributed by atoms with E-state index in [9.17, 15) is 4.79 Å². The van der Waals surface area contributed by atoms with E-state index in [0.29, 0.717) is 15.3 Å². The van der Waals surface area contributed by atoms with Crippen LogP contribution in [0.1, 0.15) is 11.1 Å². The summed E-state index contributed by atoms with van der Waals surface area (Å²) in [6.07, 6.45) is 1.86. The van der Waals surface area contributed by atoms with Gasteiger partial charge in [0, 0.05) is 10.0 Å². The van der Waals surface area contributed by atoms with Gasteiger partial charge in [0.1, 0.15) is 0 Å². The third kappa shape index (κ3) is 2.79. The highest BCUT2D eigenvalue weighted by Crippen LogP contribution is 2.18. The lowest BCUT2D eigenvalue weighted by Gasteiger charge is -1.95. The van der Waals surface area contributed by atoms with Crippen molar-refractivity contribution in [1.29, 1.82) is 0 Å². The molecule has 0 spiro atoms. The number of aromatic nitrogens is 3. The lowest BCUT2D eigenvalue weighted by molar-refractivity contribution is 0.936. The Balaban J connectivity index is 1.83. The maximum absolute atomic E-state index is 12.6. The normalized spacial score (nSPS) is 12.2. The van der Waals surface area contributed by atoms with Crippen LogP contribution in [-0.4, -0.2) is 14.6 Å². The molecular weight excluding hydrogens is 386 g/mol. The van der Waals surface area contributed by atoms with Crippen LogP contribution in [0.4, 0.5) is 0 Å². The molecule has 24 heavy (non-hydrogen) atoms. The Bertz CT molecular complexity index is 1160. The first-order valence-electron chi connectivity index (χ1n) is 7.34. The van der Waals surface area contributed by atoms with Gasteiger partial charge in [-0.25, -0.2) is 0 Å². The van der Waals surface area contributed by atoms with Crippen molar-refractivity contribution >= 4 is 38.3 Å². The molecule has 2 heterocycles. The summed E-state index contributed by atoms with van der Waals surface area (Å²) in [5.41, 5.74) is 2.88. The summed E-state index contributed by atoms with van der Waals surface area (Å²) in [4.78, 5) is 17.7. The molecular formula is C18H12BrN3OS. The number of thiazole rings is 1. The van der Waals surface area contributed by atoms with Crippen molar-refractivity contribution in [2.24, 2.45) is 0 Å². The van der Waals surface area contributed by atoms with E-state index in [0.717, 1.165) is 21.2 Å². The van der Waals surface area contributed by atoms with Gasteiger partial charge in [-0.05, 0) is 36.8 Å². The van der Waals surface area contributed by atoms with Crippen LogP contribution in [0.3, 0.4) is 0 Å². The van der Waals surface area contributed by atoms with E-state index in [1.54, 1.807) is 0 Å². The molecule has 4 nitrogen and oxygen atoms in total. The highest BCUT2D eigenvalue weighted by atomic mass is 79.9. The average molecular weight is 398 g/mol. The molecule has 4 rings (SSSR count). The van der Waals surface area contributed by atoms with Gasteiger partial charge in [-0.1, -0.05) is 63.2 Å². The molecule has 4 aromatic rings. The first-order chi connectivity index (χ1) is 11.6. The Morgan fingerprint density at radius 3 is 2.75 bits per heavy atom. The maximum Gasteiger partial charge on any atom is 0.291 e. The van der Waals surface area contributed by atoms with E-state index in [-0.39, 0.29) is 5.56 Å². The Morgan fingerprint density at radius 1 is 1.17 bits per heavy atom. The molecule has 2 aromatic heterocycles. The van der Waals surface area contributed by atoms with Gasteiger partial charge in [0.25, 0.3) is 5.56 Å². The van der Waals surface area contributed by atoms with Crippen LogP contribution in [-0.2, 0) is 0 Å². The number of rotatable bonds is 2. The van der Waals surface area contributed by atoms with E-state index in [1.807, 2.05) is 61.5 Å². The second kappa shape index (κ2) is 5.96. The van der Waals surface area contributed by atoms with Gasteiger partial charge in [0.15, 0.2) is 5.82 Å². The molecule has 0 aliphatic carbocycles.